The molecular weight excluding hydrogens is 341 g/mol. The van der Waals surface area contributed by atoms with Gasteiger partial charge in [0.25, 0.3) is 5.91 Å². The lowest BCUT2D eigenvalue weighted by molar-refractivity contribution is -0.117. The Kier molecular flexibility index (Phi) is 4.73. The molecule has 0 radical (unpaired) electrons. The number of hydrogen-bond donors (Lipinski definition) is 0. The van der Waals surface area contributed by atoms with Crippen LogP contribution in [-0.2, 0) is 11.2 Å². The molecule has 3 nitrogen and oxygen atoms in total. The van der Waals surface area contributed by atoms with Crippen LogP contribution in [0.15, 0.2) is 42.5 Å². The first-order valence-electron chi connectivity index (χ1n) is 7.97. The first kappa shape index (κ1) is 17.4. The molecule has 128 valence electrons. The molecule has 0 aliphatic rings. The topological polar surface area (TPSA) is 39.1 Å². The maximum atomic E-state index is 13.7. The predicted molar refractivity (Wildman–Crippen MR) is 96.8 cm³/mol. The molecule has 0 atom stereocenters. The monoisotopic (exact) mass is 357 g/mol. The summed E-state index contributed by atoms with van der Waals surface area (Å²) in [5.41, 5.74) is 2.67. The molecule has 0 fully saturated rings. The lowest BCUT2D eigenvalue weighted by atomic mass is 10.1. The summed E-state index contributed by atoms with van der Waals surface area (Å²) in [6.07, 6.45) is 0.754. The van der Waals surface area contributed by atoms with Gasteiger partial charge in [-0.25, -0.2) is 4.39 Å². The Balaban J connectivity index is 2.20. The fraction of sp³-hybridized carbons (Fsp3) is 0.200. The number of aryl methyl sites for hydroxylation is 1. The van der Waals surface area contributed by atoms with E-state index in [1.165, 1.54) is 19.1 Å². The summed E-state index contributed by atoms with van der Waals surface area (Å²) >= 11 is 5.90. The van der Waals surface area contributed by atoms with E-state index in [1.54, 1.807) is 34.9 Å². The van der Waals surface area contributed by atoms with Gasteiger partial charge in [0.05, 0.1) is 5.52 Å². The van der Waals surface area contributed by atoms with Gasteiger partial charge < -0.3 is 4.79 Å². The number of carbonyl (C=O) groups excluding carboxylic acids is 2. The van der Waals surface area contributed by atoms with Crippen molar-refractivity contribution in [1.29, 1.82) is 0 Å². The zero-order valence-electron chi connectivity index (χ0n) is 14.0. The first-order valence-corrected chi connectivity index (χ1v) is 8.35. The van der Waals surface area contributed by atoms with Gasteiger partial charge in [-0.15, -0.1) is 0 Å². The van der Waals surface area contributed by atoms with E-state index < -0.39 is 0 Å². The number of carbonyl (C=O) groups is 2. The van der Waals surface area contributed by atoms with E-state index in [-0.39, 0.29) is 17.5 Å². The van der Waals surface area contributed by atoms with Crippen LogP contribution in [0.2, 0.25) is 5.02 Å². The van der Waals surface area contributed by atoms with E-state index in [2.05, 4.69) is 0 Å². The zero-order chi connectivity index (χ0) is 18.1. The number of Topliss-reactive ketones (excluding diaryl/α,β-unsaturated/α-hetero) is 1. The highest BCUT2D eigenvalue weighted by molar-refractivity contribution is 6.30. The lowest BCUT2D eigenvalue weighted by Gasteiger charge is -2.10. The molecule has 3 aromatic rings. The number of rotatable bonds is 4. The molecule has 0 aliphatic heterocycles. The van der Waals surface area contributed by atoms with Crippen LogP contribution in [-0.4, -0.2) is 16.3 Å². The van der Waals surface area contributed by atoms with Crippen LogP contribution >= 0.6 is 11.6 Å². The van der Waals surface area contributed by atoms with E-state index in [1.807, 2.05) is 6.92 Å². The van der Waals surface area contributed by atoms with Crippen LogP contribution in [0.1, 0.15) is 35.0 Å². The third kappa shape index (κ3) is 3.35. The second kappa shape index (κ2) is 6.81. The predicted octanol–water partition coefficient (Wildman–Crippen LogP) is 4.95. The SMILES string of the molecule is CC(=O)CCc1c(C)c2cc(F)ccc2n1C(=O)c1ccc(Cl)cc1. The van der Waals surface area contributed by atoms with Crippen molar-refractivity contribution in [2.24, 2.45) is 0 Å². The van der Waals surface area contributed by atoms with Crippen molar-refractivity contribution < 1.29 is 14.0 Å². The standard InChI is InChI=1S/C20H17ClFNO2/c1-12(24)3-9-18-13(2)17-11-16(22)8-10-19(17)23(18)20(25)14-4-6-15(21)7-5-14/h4-8,10-11H,3,9H2,1-2H3. The summed E-state index contributed by atoms with van der Waals surface area (Å²) < 4.78 is 15.3. The van der Waals surface area contributed by atoms with Gasteiger partial charge in [-0.05, 0) is 68.3 Å². The molecule has 0 N–H and O–H groups in total. The Bertz CT molecular complexity index is 974. The summed E-state index contributed by atoms with van der Waals surface area (Å²) in [5, 5.41) is 1.23. The number of nitrogens with zero attached hydrogens (tertiary/aromatic N) is 1. The molecular formula is C20H17ClFNO2. The Morgan fingerprint density at radius 3 is 2.44 bits per heavy atom. The molecule has 0 amide bonds. The van der Waals surface area contributed by atoms with E-state index in [9.17, 15) is 14.0 Å². The Hall–Kier alpha value is -2.46. The van der Waals surface area contributed by atoms with Crippen molar-refractivity contribution in [3.63, 3.8) is 0 Å². The van der Waals surface area contributed by atoms with Crippen molar-refractivity contribution in [1.82, 2.24) is 4.57 Å². The lowest BCUT2D eigenvalue weighted by Crippen LogP contribution is -2.16. The van der Waals surface area contributed by atoms with Crippen LogP contribution in [0.5, 0.6) is 0 Å². The van der Waals surface area contributed by atoms with E-state index >= 15 is 0 Å². The highest BCUT2D eigenvalue weighted by atomic mass is 35.5. The molecule has 1 heterocycles. The van der Waals surface area contributed by atoms with Gasteiger partial charge in [-0.2, -0.15) is 0 Å². The van der Waals surface area contributed by atoms with Gasteiger partial charge in [0.1, 0.15) is 11.6 Å². The highest BCUT2D eigenvalue weighted by Crippen LogP contribution is 2.28. The van der Waals surface area contributed by atoms with E-state index in [0.717, 1.165) is 11.3 Å². The number of benzene rings is 2. The Morgan fingerprint density at radius 1 is 1.12 bits per heavy atom. The molecule has 3 rings (SSSR count). The van der Waals surface area contributed by atoms with Crippen molar-refractivity contribution in [3.05, 3.63) is 70.1 Å². The van der Waals surface area contributed by atoms with Gasteiger partial charge >= 0.3 is 0 Å². The first-order chi connectivity index (χ1) is 11.9. The van der Waals surface area contributed by atoms with Crippen LogP contribution in [0.4, 0.5) is 4.39 Å². The molecule has 5 heteroatoms. The second-order valence-electron chi connectivity index (χ2n) is 6.08. The van der Waals surface area contributed by atoms with Gasteiger partial charge in [0.2, 0.25) is 0 Å². The number of fused-ring (bicyclic) bond motifs is 1. The summed E-state index contributed by atoms with van der Waals surface area (Å²) in [5.74, 6) is -0.536. The summed E-state index contributed by atoms with van der Waals surface area (Å²) in [6.45, 7) is 3.37. The van der Waals surface area contributed by atoms with Gasteiger partial charge in [0, 0.05) is 28.1 Å². The molecule has 2 aromatic carbocycles. The van der Waals surface area contributed by atoms with Crippen LogP contribution < -0.4 is 0 Å². The van der Waals surface area contributed by atoms with Crippen LogP contribution in [0.25, 0.3) is 10.9 Å². The van der Waals surface area contributed by atoms with Crippen LogP contribution in [0, 0.1) is 12.7 Å². The molecule has 0 saturated heterocycles. The number of ketones is 1. The molecule has 0 bridgehead atoms. The highest BCUT2D eigenvalue weighted by Gasteiger charge is 2.21. The summed E-state index contributed by atoms with van der Waals surface area (Å²) in [6, 6.07) is 11.0. The third-order valence-electron chi connectivity index (χ3n) is 4.31. The smallest absolute Gasteiger partial charge is 0.262 e. The second-order valence-corrected chi connectivity index (χ2v) is 6.52. The average molecular weight is 358 g/mol. The molecule has 0 spiro atoms. The Morgan fingerprint density at radius 2 is 1.80 bits per heavy atom. The van der Waals surface area contributed by atoms with Gasteiger partial charge in [-0.1, -0.05) is 11.6 Å². The number of halogens is 2. The van der Waals surface area contributed by atoms with E-state index in [4.69, 9.17) is 11.6 Å². The zero-order valence-corrected chi connectivity index (χ0v) is 14.7. The average Bonchev–Trinajstić information content (AvgIpc) is 2.85. The third-order valence-corrected chi connectivity index (χ3v) is 4.57. The summed E-state index contributed by atoms with van der Waals surface area (Å²) in [4.78, 5) is 24.5. The van der Waals surface area contributed by atoms with Crippen molar-refractivity contribution in [2.45, 2.75) is 26.7 Å². The fourth-order valence-corrected chi connectivity index (χ4v) is 3.15. The molecule has 25 heavy (non-hydrogen) atoms. The minimum Gasteiger partial charge on any atom is -0.300 e. The molecule has 1 aromatic heterocycles. The summed E-state index contributed by atoms with van der Waals surface area (Å²) in [7, 11) is 0. The van der Waals surface area contributed by atoms with Gasteiger partial charge in [0.15, 0.2) is 0 Å². The Labute approximate surface area is 150 Å². The molecule has 0 unspecified atom stereocenters. The minimum absolute atomic E-state index is 0.0429. The van der Waals surface area contributed by atoms with Crippen molar-refractivity contribution >= 4 is 34.2 Å². The van der Waals surface area contributed by atoms with Crippen LogP contribution in [0.3, 0.4) is 0 Å². The van der Waals surface area contributed by atoms with Crippen molar-refractivity contribution in [3.8, 4) is 0 Å². The number of hydrogen-bond acceptors (Lipinski definition) is 2. The number of aromatic nitrogens is 1. The molecule has 0 aliphatic carbocycles. The largest absolute Gasteiger partial charge is 0.300 e. The van der Waals surface area contributed by atoms with E-state index in [0.29, 0.717) is 34.3 Å². The minimum atomic E-state index is -0.357. The normalized spacial score (nSPS) is 11.0. The van der Waals surface area contributed by atoms with Gasteiger partial charge in [-0.3, -0.25) is 9.36 Å². The maximum absolute atomic E-state index is 13.7. The quantitative estimate of drug-likeness (QED) is 0.662. The fourth-order valence-electron chi connectivity index (χ4n) is 3.02. The molecule has 0 saturated carbocycles. The maximum Gasteiger partial charge on any atom is 0.262 e. The van der Waals surface area contributed by atoms with Crippen molar-refractivity contribution in [2.75, 3.05) is 0 Å².